The number of carboxylic acid groups (broad SMARTS) is 1. The van der Waals surface area contributed by atoms with Crippen LogP contribution in [0.3, 0.4) is 0 Å². The van der Waals surface area contributed by atoms with Crippen molar-refractivity contribution in [2.75, 3.05) is 26.8 Å². The monoisotopic (exact) mass is 309 g/mol. The van der Waals surface area contributed by atoms with Crippen LogP contribution >= 0.6 is 0 Å². The van der Waals surface area contributed by atoms with Crippen molar-refractivity contribution in [1.82, 2.24) is 4.90 Å². The van der Waals surface area contributed by atoms with Crippen molar-refractivity contribution in [1.29, 1.82) is 0 Å². The van der Waals surface area contributed by atoms with Crippen LogP contribution < -0.4 is 0 Å². The molecular weight excluding hydrogens is 282 g/mol. The SMILES string of the molecule is COCCC1(C(=O)N2C[C@H](C(=O)O)[C@@H](C3CC3)C2)CCCC1. The van der Waals surface area contributed by atoms with E-state index in [9.17, 15) is 14.7 Å². The maximum absolute atomic E-state index is 13.1. The highest BCUT2D eigenvalue weighted by Gasteiger charge is 2.51. The van der Waals surface area contributed by atoms with Crippen molar-refractivity contribution in [3.63, 3.8) is 0 Å². The lowest BCUT2D eigenvalue weighted by Gasteiger charge is -2.32. The van der Waals surface area contributed by atoms with Gasteiger partial charge in [-0.3, -0.25) is 9.59 Å². The summed E-state index contributed by atoms with van der Waals surface area (Å²) < 4.78 is 5.21. The lowest BCUT2D eigenvalue weighted by atomic mass is 9.81. The number of hydrogen-bond donors (Lipinski definition) is 1. The zero-order valence-electron chi connectivity index (χ0n) is 13.4. The Hall–Kier alpha value is -1.10. The fourth-order valence-electron chi connectivity index (χ4n) is 4.51. The quantitative estimate of drug-likeness (QED) is 0.816. The molecule has 3 fully saturated rings. The molecule has 0 bridgehead atoms. The molecule has 1 aliphatic heterocycles. The van der Waals surface area contributed by atoms with Crippen molar-refractivity contribution in [2.45, 2.75) is 44.9 Å². The largest absolute Gasteiger partial charge is 0.481 e. The number of amides is 1. The average Bonchev–Trinajstić information content (AvgIpc) is 3.08. The molecule has 0 radical (unpaired) electrons. The predicted molar refractivity (Wildman–Crippen MR) is 81.3 cm³/mol. The first-order valence-electron chi connectivity index (χ1n) is 8.58. The van der Waals surface area contributed by atoms with Gasteiger partial charge in [0.25, 0.3) is 0 Å². The molecule has 1 amide bonds. The van der Waals surface area contributed by atoms with E-state index in [0.717, 1.165) is 44.9 Å². The highest BCUT2D eigenvalue weighted by atomic mass is 16.5. The molecule has 1 saturated heterocycles. The Morgan fingerprint density at radius 3 is 2.45 bits per heavy atom. The zero-order chi connectivity index (χ0) is 15.7. The number of likely N-dealkylation sites (tertiary alicyclic amines) is 1. The van der Waals surface area contributed by atoms with Gasteiger partial charge in [-0.1, -0.05) is 12.8 Å². The smallest absolute Gasteiger partial charge is 0.308 e. The molecule has 22 heavy (non-hydrogen) atoms. The van der Waals surface area contributed by atoms with Crippen LogP contribution in [0.4, 0.5) is 0 Å². The molecule has 5 nitrogen and oxygen atoms in total. The fraction of sp³-hybridized carbons (Fsp3) is 0.882. The Morgan fingerprint density at radius 2 is 1.91 bits per heavy atom. The zero-order valence-corrected chi connectivity index (χ0v) is 13.4. The van der Waals surface area contributed by atoms with Gasteiger partial charge < -0.3 is 14.7 Å². The maximum Gasteiger partial charge on any atom is 0.308 e. The van der Waals surface area contributed by atoms with E-state index in [1.807, 2.05) is 4.90 Å². The lowest BCUT2D eigenvalue weighted by molar-refractivity contribution is -0.144. The van der Waals surface area contributed by atoms with E-state index in [4.69, 9.17) is 4.74 Å². The first kappa shape index (κ1) is 15.8. The molecule has 0 unspecified atom stereocenters. The van der Waals surface area contributed by atoms with Gasteiger partial charge in [0.1, 0.15) is 0 Å². The molecule has 2 atom stereocenters. The Kier molecular flexibility index (Phi) is 4.44. The van der Waals surface area contributed by atoms with Crippen molar-refractivity contribution in [2.24, 2.45) is 23.2 Å². The summed E-state index contributed by atoms with van der Waals surface area (Å²) in [5, 5.41) is 9.47. The maximum atomic E-state index is 13.1. The van der Waals surface area contributed by atoms with E-state index in [2.05, 4.69) is 0 Å². The number of methoxy groups -OCH3 is 1. The van der Waals surface area contributed by atoms with Crippen molar-refractivity contribution in [3.8, 4) is 0 Å². The van der Waals surface area contributed by atoms with Crippen LogP contribution in [0.1, 0.15) is 44.9 Å². The van der Waals surface area contributed by atoms with E-state index >= 15 is 0 Å². The third-order valence-corrected chi connectivity index (χ3v) is 6.00. The first-order valence-corrected chi connectivity index (χ1v) is 8.58. The molecule has 1 N–H and O–H groups in total. The highest BCUT2D eigenvalue weighted by molar-refractivity contribution is 5.84. The molecule has 3 aliphatic rings. The average molecular weight is 309 g/mol. The molecule has 1 heterocycles. The summed E-state index contributed by atoms with van der Waals surface area (Å²) >= 11 is 0. The molecule has 2 aliphatic carbocycles. The molecule has 0 spiro atoms. The van der Waals surface area contributed by atoms with Gasteiger partial charge in [-0.15, -0.1) is 0 Å². The van der Waals surface area contributed by atoms with E-state index in [-0.39, 0.29) is 23.2 Å². The second-order valence-corrected chi connectivity index (χ2v) is 7.39. The van der Waals surface area contributed by atoms with Crippen LogP contribution in [0, 0.1) is 23.2 Å². The van der Waals surface area contributed by atoms with Gasteiger partial charge in [0.15, 0.2) is 0 Å². The standard InChI is InChI=1S/C17H27NO4/c1-22-9-8-17(6-2-3-7-17)16(21)18-10-13(12-4-5-12)14(11-18)15(19)20/h12-14H,2-11H2,1H3,(H,19,20)/t13-,14+/m1/s1. The molecule has 3 rings (SSSR count). The van der Waals surface area contributed by atoms with Crippen LogP contribution in [0.2, 0.25) is 0 Å². The van der Waals surface area contributed by atoms with Crippen LogP contribution in [-0.2, 0) is 14.3 Å². The molecule has 2 saturated carbocycles. The van der Waals surface area contributed by atoms with Crippen molar-refractivity contribution in [3.05, 3.63) is 0 Å². The lowest BCUT2D eigenvalue weighted by Crippen LogP contribution is -2.42. The number of hydrogen-bond acceptors (Lipinski definition) is 3. The van der Waals surface area contributed by atoms with Gasteiger partial charge in [0, 0.05) is 26.8 Å². The van der Waals surface area contributed by atoms with Crippen LogP contribution in [0.15, 0.2) is 0 Å². The summed E-state index contributed by atoms with van der Waals surface area (Å²) in [5.41, 5.74) is -0.294. The molecular formula is C17H27NO4. The highest BCUT2D eigenvalue weighted by Crippen LogP contribution is 2.47. The number of rotatable bonds is 6. The Labute approximate surface area is 132 Å². The van der Waals surface area contributed by atoms with Gasteiger partial charge in [-0.25, -0.2) is 0 Å². The number of carbonyl (C=O) groups excluding carboxylic acids is 1. The number of nitrogens with zero attached hydrogens (tertiary/aromatic N) is 1. The van der Waals surface area contributed by atoms with E-state index < -0.39 is 5.97 Å². The first-order chi connectivity index (χ1) is 10.6. The molecule has 5 heteroatoms. The topological polar surface area (TPSA) is 66.8 Å². The number of carboxylic acids is 1. The Bertz CT molecular complexity index is 440. The van der Waals surface area contributed by atoms with Gasteiger partial charge in [-0.05, 0) is 43.9 Å². The molecule has 124 valence electrons. The van der Waals surface area contributed by atoms with Gasteiger partial charge in [-0.2, -0.15) is 0 Å². The Balaban J connectivity index is 1.72. The minimum Gasteiger partial charge on any atom is -0.481 e. The second-order valence-electron chi connectivity index (χ2n) is 7.39. The summed E-state index contributed by atoms with van der Waals surface area (Å²) in [5.74, 6) is -0.210. The van der Waals surface area contributed by atoms with Crippen molar-refractivity contribution >= 4 is 11.9 Å². The predicted octanol–water partition coefficient (Wildman–Crippen LogP) is 2.15. The normalized spacial score (nSPS) is 30.7. The van der Waals surface area contributed by atoms with Crippen LogP contribution in [-0.4, -0.2) is 48.7 Å². The van der Waals surface area contributed by atoms with Crippen LogP contribution in [0.25, 0.3) is 0 Å². The van der Waals surface area contributed by atoms with E-state index in [0.29, 0.717) is 25.6 Å². The number of ether oxygens (including phenoxy) is 1. The van der Waals surface area contributed by atoms with Gasteiger partial charge in [0.05, 0.1) is 11.3 Å². The molecule has 0 aromatic rings. The van der Waals surface area contributed by atoms with Gasteiger partial charge in [0.2, 0.25) is 5.91 Å². The number of aliphatic carboxylic acids is 1. The molecule has 0 aromatic heterocycles. The van der Waals surface area contributed by atoms with Crippen molar-refractivity contribution < 1.29 is 19.4 Å². The number of carbonyl (C=O) groups is 2. The second kappa shape index (κ2) is 6.19. The summed E-state index contributed by atoms with van der Waals surface area (Å²) in [6.45, 7) is 1.66. The third kappa shape index (κ3) is 2.87. The minimum absolute atomic E-state index is 0.169. The third-order valence-electron chi connectivity index (χ3n) is 6.00. The fourth-order valence-corrected chi connectivity index (χ4v) is 4.51. The van der Waals surface area contributed by atoms with E-state index in [1.165, 1.54) is 0 Å². The van der Waals surface area contributed by atoms with Crippen LogP contribution in [0.5, 0.6) is 0 Å². The van der Waals surface area contributed by atoms with E-state index in [1.54, 1.807) is 7.11 Å². The minimum atomic E-state index is -0.732. The summed E-state index contributed by atoms with van der Waals surface area (Å²) in [6.07, 6.45) is 7.08. The summed E-state index contributed by atoms with van der Waals surface area (Å²) in [6, 6.07) is 0. The summed E-state index contributed by atoms with van der Waals surface area (Å²) in [4.78, 5) is 26.5. The Morgan fingerprint density at radius 1 is 1.23 bits per heavy atom. The summed E-state index contributed by atoms with van der Waals surface area (Å²) in [7, 11) is 1.67. The molecule has 0 aromatic carbocycles. The van der Waals surface area contributed by atoms with Gasteiger partial charge >= 0.3 is 5.97 Å².